The lowest BCUT2D eigenvalue weighted by Gasteiger charge is -2.20. The van der Waals surface area contributed by atoms with Crippen molar-refractivity contribution in [2.24, 2.45) is 5.92 Å². The molecule has 4 amide bonds. The van der Waals surface area contributed by atoms with Crippen LogP contribution >= 0.6 is 0 Å². The highest BCUT2D eigenvalue weighted by molar-refractivity contribution is 7.89. The molecule has 174 valence electrons. The van der Waals surface area contributed by atoms with Gasteiger partial charge >= 0.3 is 6.03 Å². The van der Waals surface area contributed by atoms with Crippen LogP contribution in [0.2, 0.25) is 0 Å². The summed E-state index contributed by atoms with van der Waals surface area (Å²) in [5, 5.41) is 5.31. The summed E-state index contributed by atoms with van der Waals surface area (Å²) in [6, 6.07) is 14.4. The molecule has 1 atom stereocenters. The van der Waals surface area contributed by atoms with E-state index in [2.05, 4.69) is 10.6 Å². The van der Waals surface area contributed by atoms with Gasteiger partial charge in [0, 0.05) is 19.3 Å². The van der Waals surface area contributed by atoms with Gasteiger partial charge in [0.2, 0.25) is 15.9 Å². The average Bonchev–Trinajstić information content (AvgIpc) is 3.61. The molecule has 0 spiro atoms. The Kier molecular flexibility index (Phi) is 5.98. The second-order valence-electron chi connectivity index (χ2n) is 8.62. The topological polar surface area (TPSA) is 116 Å². The Labute approximate surface area is 192 Å². The van der Waals surface area contributed by atoms with E-state index in [-0.39, 0.29) is 17.4 Å². The Morgan fingerprint density at radius 2 is 1.76 bits per heavy atom. The summed E-state index contributed by atoms with van der Waals surface area (Å²) < 4.78 is 26.9. The normalized spacial score (nSPS) is 20.8. The number of carbonyl (C=O) groups excluding carboxylic acids is 3. The molecular weight excluding hydrogens is 444 g/mol. The number of sulfonamides is 1. The average molecular weight is 471 g/mol. The van der Waals surface area contributed by atoms with Crippen LogP contribution in [0, 0.1) is 5.92 Å². The molecule has 4 rings (SSSR count). The summed E-state index contributed by atoms with van der Waals surface area (Å²) in [4.78, 5) is 38.3. The number of hydrogen-bond acceptors (Lipinski definition) is 5. The molecule has 2 N–H and O–H groups in total. The molecule has 1 heterocycles. The first-order valence-electron chi connectivity index (χ1n) is 10.7. The summed E-state index contributed by atoms with van der Waals surface area (Å²) in [6.45, 7) is 1.51. The van der Waals surface area contributed by atoms with Crippen molar-refractivity contribution in [2.75, 3.05) is 18.9 Å². The number of rotatable bonds is 8. The zero-order valence-electron chi connectivity index (χ0n) is 18.4. The molecule has 1 aliphatic heterocycles. The van der Waals surface area contributed by atoms with Gasteiger partial charge in [0.15, 0.2) is 0 Å². The molecule has 0 radical (unpaired) electrons. The smallest absolute Gasteiger partial charge is 0.325 e. The summed E-state index contributed by atoms with van der Waals surface area (Å²) in [6.07, 6.45) is 1.75. The zero-order valence-corrected chi connectivity index (χ0v) is 19.3. The van der Waals surface area contributed by atoms with E-state index in [0.29, 0.717) is 5.69 Å². The number of carbonyl (C=O) groups is 3. The third kappa shape index (κ3) is 4.62. The van der Waals surface area contributed by atoms with E-state index in [9.17, 15) is 22.8 Å². The highest BCUT2D eigenvalue weighted by atomic mass is 32.2. The Morgan fingerprint density at radius 1 is 1.12 bits per heavy atom. The summed E-state index contributed by atoms with van der Waals surface area (Å²) in [5.41, 5.74) is 0.284. The van der Waals surface area contributed by atoms with E-state index in [1.54, 1.807) is 6.92 Å². The second kappa shape index (κ2) is 8.60. The van der Waals surface area contributed by atoms with Crippen LogP contribution in [0.4, 0.5) is 10.5 Å². The molecule has 0 aromatic heterocycles. The highest BCUT2D eigenvalue weighted by Crippen LogP contribution is 2.42. The first-order valence-corrected chi connectivity index (χ1v) is 12.1. The quantitative estimate of drug-likeness (QED) is 0.574. The SMILES string of the molecule is CN(Cc1ccccc1)S(=O)(=O)c1ccc(NC(=O)CN2C(=O)NC(C)(C3CC3)C2=O)cc1. The molecule has 33 heavy (non-hydrogen) atoms. The van der Waals surface area contributed by atoms with Gasteiger partial charge in [-0.25, -0.2) is 13.2 Å². The molecule has 2 aromatic carbocycles. The van der Waals surface area contributed by atoms with E-state index in [1.807, 2.05) is 30.3 Å². The molecule has 9 nitrogen and oxygen atoms in total. The number of urea groups is 1. The predicted molar refractivity (Wildman–Crippen MR) is 122 cm³/mol. The molecular formula is C23H26N4O5S. The Bertz CT molecular complexity index is 1180. The summed E-state index contributed by atoms with van der Waals surface area (Å²) >= 11 is 0. The zero-order chi connectivity index (χ0) is 23.8. The monoisotopic (exact) mass is 470 g/mol. The minimum Gasteiger partial charge on any atom is -0.325 e. The van der Waals surface area contributed by atoms with Gasteiger partial charge in [0.1, 0.15) is 12.1 Å². The number of nitrogens with zero attached hydrogens (tertiary/aromatic N) is 2. The van der Waals surface area contributed by atoms with Crippen molar-refractivity contribution in [2.45, 2.75) is 36.7 Å². The Balaban J connectivity index is 1.37. The van der Waals surface area contributed by atoms with Crippen molar-refractivity contribution in [3.05, 3.63) is 60.2 Å². The summed E-state index contributed by atoms with van der Waals surface area (Å²) in [7, 11) is -2.21. The van der Waals surface area contributed by atoms with Crippen LogP contribution in [0.5, 0.6) is 0 Å². The molecule has 0 bridgehead atoms. The van der Waals surface area contributed by atoms with E-state index < -0.39 is 40.0 Å². The van der Waals surface area contributed by atoms with Crippen molar-refractivity contribution in [3.8, 4) is 0 Å². The van der Waals surface area contributed by atoms with Gasteiger partial charge in [-0.05, 0) is 55.5 Å². The van der Waals surface area contributed by atoms with Gasteiger partial charge in [-0.3, -0.25) is 14.5 Å². The maximum atomic E-state index is 12.8. The predicted octanol–water partition coefficient (Wildman–Crippen LogP) is 2.17. The van der Waals surface area contributed by atoms with Crippen molar-refractivity contribution >= 4 is 33.6 Å². The molecule has 2 fully saturated rings. The molecule has 1 unspecified atom stereocenters. The van der Waals surface area contributed by atoms with Gasteiger partial charge in [-0.15, -0.1) is 0 Å². The van der Waals surface area contributed by atoms with Crippen molar-refractivity contribution < 1.29 is 22.8 Å². The molecule has 2 aliphatic rings. The van der Waals surface area contributed by atoms with Crippen LogP contribution in [-0.4, -0.2) is 54.6 Å². The van der Waals surface area contributed by atoms with Crippen LogP contribution in [0.3, 0.4) is 0 Å². The van der Waals surface area contributed by atoms with Crippen LogP contribution in [0.15, 0.2) is 59.5 Å². The minimum atomic E-state index is -3.72. The lowest BCUT2D eigenvalue weighted by atomic mass is 9.96. The van der Waals surface area contributed by atoms with Crippen LogP contribution in [-0.2, 0) is 26.2 Å². The molecule has 1 aliphatic carbocycles. The van der Waals surface area contributed by atoms with E-state index in [4.69, 9.17) is 0 Å². The van der Waals surface area contributed by atoms with Crippen LogP contribution in [0.25, 0.3) is 0 Å². The van der Waals surface area contributed by atoms with Crippen LogP contribution in [0.1, 0.15) is 25.3 Å². The van der Waals surface area contributed by atoms with Crippen molar-refractivity contribution in [1.82, 2.24) is 14.5 Å². The molecule has 1 saturated heterocycles. The van der Waals surface area contributed by atoms with Gasteiger partial charge in [0.05, 0.1) is 4.90 Å². The Hall–Kier alpha value is -3.24. The minimum absolute atomic E-state index is 0.0910. The second-order valence-corrected chi connectivity index (χ2v) is 10.7. The largest absolute Gasteiger partial charge is 0.325 e. The van der Waals surface area contributed by atoms with E-state index in [1.165, 1.54) is 35.6 Å². The fourth-order valence-electron chi connectivity index (χ4n) is 3.96. The first-order chi connectivity index (χ1) is 15.6. The number of anilines is 1. The Morgan fingerprint density at radius 3 is 2.36 bits per heavy atom. The van der Waals surface area contributed by atoms with E-state index in [0.717, 1.165) is 23.3 Å². The molecule has 10 heteroatoms. The molecule has 1 saturated carbocycles. The third-order valence-electron chi connectivity index (χ3n) is 6.09. The maximum Gasteiger partial charge on any atom is 0.325 e. The van der Waals surface area contributed by atoms with Gasteiger partial charge < -0.3 is 10.6 Å². The van der Waals surface area contributed by atoms with E-state index >= 15 is 0 Å². The standard InChI is InChI=1S/C23H26N4O5S/c1-23(17-8-9-17)21(29)27(22(30)25-23)15-20(28)24-18-10-12-19(13-11-18)33(31,32)26(2)14-16-6-4-3-5-7-16/h3-7,10-13,17H,8-9,14-15H2,1-2H3,(H,24,28)(H,25,30). The number of hydrogen-bond donors (Lipinski definition) is 2. The number of nitrogens with one attached hydrogen (secondary N) is 2. The number of imide groups is 1. The number of amides is 4. The van der Waals surface area contributed by atoms with Crippen LogP contribution < -0.4 is 10.6 Å². The van der Waals surface area contributed by atoms with Gasteiger partial charge in [-0.2, -0.15) is 4.31 Å². The summed E-state index contributed by atoms with van der Waals surface area (Å²) in [5.74, 6) is -0.833. The van der Waals surface area contributed by atoms with Crippen molar-refractivity contribution in [3.63, 3.8) is 0 Å². The lowest BCUT2D eigenvalue weighted by Crippen LogP contribution is -2.46. The number of benzene rings is 2. The first kappa shape index (κ1) is 22.9. The van der Waals surface area contributed by atoms with Crippen molar-refractivity contribution in [1.29, 1.82) is 0 Å². The van der Waals surface area contributed by atoms with Gasteiger partial charge in [-0.1, -0.05) is 30.3 Å². The van der Waals surface area contributed by atoms with Gasteiger partial charge in [0.25, 0.3) is 5.91 Å². The maximum absolute atomic E-state index is 12.8. The fraction of sp³-hybridized carbons (Fsp3) is 0.348. The highest BCUT2D eigenvalue weighted by Gasteiger charge is 2.56. The molecule has 2 aromatic rings. The fourth-order valence-corrected chi connectivity index (χ4v) is 5.12. The lowest BCUT2D eigenvalue weighted by molar-refractivity contribution is -0.134. The third-order valence-corrected chi connectivity index (χ3v) is 7.91.